The largest absolute Gasteiger partial charge is 1.00 e. The molecule has 0 unspecified atom stereocenters. The van der Waals surface area contributed by atoms with Crippen LogP contribution in [0.1, 0.15) is 0 Å². The van der Waals surface area contributed by atoms with Crippen molar-refractivity contribution in [1.82, 2.24) is 26.0 Å². The maximum Gasteiger partial charge on any atom is 1.00 e. The quantitative estimate of drug-likeness (QED) is 0.135. The Labute approximate surface area is 157 Å². The monoisotopic (exact) mass is 377 g/mol. The van der Waals surface area contributed by atoms with Crippen LogP contribution in [0.15, 0.2) is 0 Å². The number of aromatic amines is 3. The summed E-state index contributed by atoms with van der Waals surface area (Å²) in [7, 11) is 0. The zero-order chi connectivity index (χ0) is 11.8. The van der Waals surface area contributed by atoms with Crippen LogP contribution in [0, 0.1) is 9.54 Å². The molecule has 9 nitrogen and oxygen atoms in total. The summed E-state index contributed by atoms with van der Waals surface area (Å²) in [6.45, 7) is 0. The molecule has 0 aromatic carbocycles. The summed E-state index contributed by atoms with van der Waals surface area (Å²) in [5.41, 5.74) is 14.6. The zero-order valence-electron chi connectivity index (χ0n) is 9.64. The summed E-state index contributed by atoms with van der Waals surface area (Å²) in [4.78, 5) is 2.66. The van der Waals surface area contributed by atoms with Crippen molar-refractivity contribution in [2.75, 3.05) is 0 Å². The fraction of sp³-hybridized carbons (Fsp3) is 0. The van der Waals surface area contributed by atoms with Crippen molar-refractivity contribution in [3.05, 3.63) is 9.54 Å². The first kappa shape index (κ1) is 31.5. The van der Waals surface area contributed by atoms with Gasteiger partial charge in [0, 0.05) is 0 Å². The van der Waals surface area contributed by atoms with Crippen molar-refractivity contribution < 1.29 is 40.5 Å². The Balaban J connectivity index is -0.0000000569. The molecule has 1 aromatic rings. The second kappa shape index (κ2) is 18.2. The molecule has 1 rings (SSSR count). The van der Waals surface area contributed by atoms with Crippen LogP contribution in [0.5, 0.6) is 0 Å². The molecule has 0 aliphatic rings. The van der Waals surface area contributed by atoms with Gasteiger partial charge < -0.3 is 27.4 Å². The van der Waals surface area contributed by atoms with Gasteiger partial charge in [-0.15, -0.1) is 12.4 Å². The minimum absolute atomic E-state index is 0. The smallest absolute Gasteiger partial charge is 0.870 e. The zero-order valence-corrected chi connectivity index (χ0v) is 15.7. The Morgan fingerprint density at radius 1 is 0.947 bits per heavy atom. The predicted octanol–water partition coefficient (Wildman–Crippen LogP) is -3.88. The predicted molar refractivity (Wildman–Crippen MR) is 83.8 cm³/mol. The third-order valence-corrected chi connectivity index (χ3v) is 1.44. The molecular weight excluding hydrogens is 365 g/mol. The van der Waals surface area contributed by atoms with Crippen LogP contribution in [0.4, 0.5) is 0 Å². The molecule has 108 valence electrons. The van der Waals surface area contributed by atoms with E-state index in [0.29, 0.717) is 9.54 Å². The van der Waals surface area contributed by atoms with Gasteiger partial charge in [-0.25, -0.2) is 0 Å². The van der Waals surface area contributed by atoms with Gasteiger partial charge in [-0.1, -0.05) is 0 Å². The normalized spacial score (nSPS) is 6.53. The summed E-state index contributed by atoms with van der Waals surface area (Å²) in [6.07, 6.45) is 0. The van der Waals surface area contributed by atoms with Gasteiger partial charge in [0.2, 0.25) is 0 Å². The molecule has 0 radical (unpaired) electrons. The Bertz CT molecular complexity index is 408. The molecule has 0 aliphatic heterocycles. The van der Waals surface area contributed by atoms with E-state index >= 15 is 0 Å². The van der Waals surface area contributed by atoms with Crippen LogP contribution in [0.25, 0.3) is 0 Å². The van der Waals surface area contributed by atoms with Gasteiger partial charge in [0.15, 0.2) is 19.8 Å². The standard InChI is InChI=1S/C2H6N4S2.C2H3N3S2.ClH.Na.2H2O/c3-1(7)5-6-2(4)8;6-1-3-2(7)5-4-1;;;;/h(H3,3,5,7)(H3,4,6,8);(H3,3,4,5,6,7);1H;;2*1H2/q;;;+1;;/p-1. The van der Waals surface area contributed by atoms with Crippen LogP contribution >= 0.6 is 61.3 Å². The number of hydrazine groups is 1. The van der Waals surface area contributed by atoms with Gasteiger partial charge in [-0.2, -0.15) is 0 Å². The van der Waals surface area contributed by atoms with Gasteiger partial charge in [0.25, 0.3) is 0 Å². The number of hydrogen-bond donors (Lipinski definition) is 7. The number of nitrogens with two attached hydrogens (primary N) is 2. The van der Waals surface area contributed by atoms with Crippen LogP contribution in [-0.2, 0) is 0 Å². The topological polar surface area (TPSA) is 185 Å². The first-order valence-corrected chi connectivity index (χ1v) is 5.03. The Kier molecular flexibility index (Phi) is 30.1. The number of nitrogens with one attached hydrogen (secondary N) is 5. The van der Waals surface area contributed by atoms with E-state index in [4.69, 9.17) is 11.5 Å². The molecule has 0 fully saturated rings. The molecule has 0 atom stereocenters. The average Bonchev–Trinajstić information content (AvgIpc) is 2.47. The summed E-state index contributed by atoms with van der Waals surface area (Å²) < 4.78 is 1.06. The van der Waals surface area contributed by atoms with Crippen molar-refractivity contribution in [2.24, 2.45) is 11.5 Å². The van der Waals surface area contributed by atoms with Crippen LogP contribution in [0.2, 0.25) is 0 Å². The van der Waals surface area contributed by atoms with Gasteiger partial charge in [0.1, 0.15) is 0 Å². The molecule has 15 heteroatoms. The fourth-order valence-corrected chi connectivity index (χ4v) is 0.875. The first-order chi connectivity index (χ1) is 6.91. The van der Waals surface area contributed by atoms with E-state index in [1.807, 2.05) is 0 Å². The van der Waals surface area contributed by atoms with Crippen LogP contribution < -0.4 is 51.9 Å². The second-order valence-corrected chi connectivity index (χ2v) is 3.71. The average molecular weight is 378 g/mol. The van der Waals surface area contributed by atoms with E-state index in [0.717, 1.165) is 0 Å². The number of thiocarbonyl (C=S) groups is 2. The summed E-state index contributed by atoms with van der Waals surface area (Å²) >= 11 is 18.1. The van der Waals surface area contributed by atoms with Crippen molar-refractivity contribution in [3.8, 4) is 0 Å². The maximum atomic E-state index is 4.98. The second-order valence-electron chi connectivity index (χ2n) is 2.01. The summed E-state index contributed by atoms with van der Waals surface area (Å²) in [6, 6.07) is 0. The summed E-state index contributed by atoms with van der Waals surface area (Å²) in [5, 5.41) is 5.41. The first-order valence-electron chi connectivity index (χ1n) is 3.39. The third kappa shape index (κ3) is 23.7. The van der Waals surface area contributed by atoms with Gasteiger partial charge in [0.05, 0.1) is 0 Å². The Hall–Kier alpha value is 0.170. The molecular formula is C4H13ClN7NaO2S4. The van der Waals surface area contributed by atoms with E-state index in [9.17, 15) is 0 Å². The van der Waals surface area contributed by atoms with Gasteiger partial charge >= 0.3 is 29.6 Å². The number of halogens is 1. The Morgan fingerprint density at radius 2 is 1.21 bits per heavy atom. The van der Waals surface area contributed by atoms with E-state index < -0.39 is 0 Å². The number of rotatable bonds is 0. The molecule has 12 N–H and O–H groups in total. The van der Waals surface area contributed by atoms with Crippen LogP contribution in [0.3, 0.4) is 0 Å². The fourth-order valence-electron chi connectivity index (χ4n) is 0.402. The number of aromatic nitrogens is 3. The van der Waals surface area contributed by atoms with Crippen molar-refractivity contribution in [1.29, 1.82) is 0 Å². The number of H-pyrrole nitrogens is 3. The minimum Gasteiger partial charge on any atom is -0.870 e. The van der Waals surface area contributed by atoms with E-state index in [1.165, 1.54) is 0 Å². The van der Waals surface area contributed by atoms with Gasteiger partial charge in [-0.3, -0.25) is 21.0 Å². The molecule has 0 aliphatic carbocycles. The van der Waals surface area contributed by atoms with E-state index in [-0.39, 0.29) is 63.1 Å². The van der Waals surface area contributed by atoms with Crippen molar-refractivity contribution in [2.45, 2.75) is 0 Å². The van der Waals surface area contributed by atoms with Gasteiger partial charge in [-0.05, 0) is 48.9 Å². The molecule has 0 spiro atoms. The van der Waals surface area contributed by atoms with E-state index in [1.54, 1.807) is 0 Å². The number of hydrogen-bond acceptors (Lipinski definition) is 5. The van der Waals surface area contributed by atoms with Crippen molar-refractivity contribution in [3.63, 3.8) is 0 Å². The molecule has 0 bridgehead atoms. The maximum absolute atomic E-state index is 4.98. The molecule has 19 heavy (non-hydrogen) atoms. The third-order valence-electron chi connectivity index (χ3n) is 0.826. The molecule has 1 aromatic heterocycles. The molecule has 0 amide bonds. The molecule has 0 saturated carbocycles. The SMILES string of the molecule is Cl.NC(=S)NNC(N)=S.O.S=c1[nH][nH]c(=S)[nH]1.[Na+].[OH-]. The van der Waals surface area contributed by atoms with E-state index in [2.05, 4.69) is 74.9 Å². The molecule has 1 heterocycles. The molecule has 0 saturated heterocycles. The minimum atomic E-state index is 0. The van der Waals surface area contributed by atoms with Crippen molar-refractivity contribution >= 4 is 71.5 Å². The summed E-state index contributed by atoms with van der Waals surface area (Å²) in [5.74, 6) is 0. The van der Waals surface area contributed by atoms with Crippen LogP contribution in [-0.4, -0.2) is 36.4 Å². The Morgan fingerprint density at radius 3 is 1.32 bits per heavy atom.